The average molecular weight is 300 g/mol. The molecule has 0 bridgehead atoms. The highest BCUT2D eigenvalue weighted by Crippen LogP contribution is 2.37. The van der Waals surface area contributed by atoms with E-state index >= 15 is 0 Å². The predicted molar refractivity (Wildman–Crippen MR) is 84.8 cm³/mol. The molecule has 0 aliphatic carbocycles. The topological polar surface area (TPSA) is 64.7 Å². The van der Waals surface area contributed by atoms with E-state index in [0.29, 0.717) is 5.13 Å². The molecule has 0 atom stereocenters. The number of thiazole rings is 1. The number of nitrogens with zero attached hydrogens (tertiary/aromatic N) is 3. The van der Waals surface area contributed by atoms with Gasteiger partial charge in [0.2, 0.25) is 0 Å². The summed E-state index contributed by atoms with van der Waals surface area (Å²) >= 11 is 2.98. The summed E-state index contributed by atoms with van der Waals surface area (Å²) in [5.74, 6) is 0. The molecule has 1 aromatic carbocycles. The summed E-state index contributed by atoms with van der Waals surface area (Å²) in [6.45, 7) is 0. The van der Waals surface area contributed by atoms with Crippen LogP contribution in [-0.2, 0) is 0 Å². The highest BCUT2D eigenvalue weighted by Gasteiger charge is 2.15. The van der Waals surface area contributed by atoms with Crippen LogP contribution in [0.1, 0.15) is 0 Å². The van der Waals surface area contributed by atoms with Gasteiger partial charge in [-0.3, -0.25) is 0 Å². The summed E-state index contributed by atoms with van der Waals surface area (Å²) < 4.78 is 0. The first-order chi connectivity index (χ1) is 9.78. The first-order valence-electron chi connectivity index (χ1n) is 5.97. The van der Waals surface area contributed by atoms with Gasteiger partial charge in [0.15, 0.2) is 10.3 Å². The molecule has 0 saturated heterocycles. The van der Waals surface area contributed by atoms with Crippen LogP contribution in [0.15, 0.2) is 47.8 Å². The zero-order valence-electron chi connectivity index (χ0n) is 10.8. The van der Waals surface area contributed by atoms with Crippen molar-refractivity contribution < 1.29 is 0 Å². The van der Waals surface area contributed by atoms with Crippen LogP contribution >= 0.6 is 23.1 Å². The summed E-state index contributed by atoms with van der Waals surface area (Å²) in [5, 5.41) is 1.27. The summed E-state index contributed by atoms with van der Waals surface area (Å²) in [4.78, 5) is 14.2. The molecule has 20 heavy (non-hydrogen) atoms. The molecule has 6 heteroatoms. The number of aromatic nitrogens is 3. The van der Waals surface area contributed by atoms with E-state index < -0.39 is 0 Å². The number of benzene rings is 1. The average Bonchev–Trinajstić information content (AvgIpc) is 2.90. The first-order valence-corrected chi connectivity index (χ1v) is 8.01. The molecule has 2 heterocycles. The Morgan fingerprint density at radius 3 is 2.65 bits per heavy atom. The molecule has 0 unspecified atom stereocenters. The van der Waals surface area contributed by atoms with Gasteiger partial charge in [0.05, 0.1) is 10.6 Å². The van der Waals surface area contributed by atoms with E-state index in [2.05, 4.69) is 15.0 Å². The Kier molecular flexibility index (Phi) is 3.66. The van der Waals surface area contributed by atoms with Crippen LogP contribution in [0.4, 0.5) is 5.13 Å². The molecule has 0 saturated carbocycles. The van der Waals surface area contributed by atoms with Crippen molar-refractivity contribution in [2.75, 3.05) is 12.0 Å². The third kappa shape index (κ3) is 2.52. The van der Waals surface area contributed by atoms with Gasteiger partial charge in [-0.1, -0.05) is 53.4 Å². The molecule has 2 aromatic heterocycles. The molecule has 4 nitrogen and oxygen atoms in total. The first kappa shape index (κ1) is 13.1. The molecule has 0 fully saturated rings. The van der Waals surface area contributed by atoms with Gasteiger partial charge in [-0.15, -0.1) is 0 Å². The lowest BCUT2D eigenvalue weighted by Gasteiger charge is -2.03. The van der Waals surface area contributed by atoms with Gasteiger partial charge in [0, 0.05) is 6.20 Å². The van der Waals surface area contributed by atoms with Crippen molar-refractivity contribution in [2.45, 2.75) is 5.16 Å². The quantitative estimate of drug-likeness (QED) is 0.591. The Labute approximate surface area is 125 Å². The van der Waals surface area contributed by atoms with Crippen LogP contribution in [0, 0.1) is 0 Å². The minimum absolute atomic E-state index is 0.545. The molecule has 100 valence electrons. The van der Waals surface area contributed by atoms with Crippen LogP contribution in [0.25, 0.3) is 21.8 Å². The molecule has 0 spiro atoms. The highest BCUT2D eigenvalue weighted by atomic mass is 32.2. The number of thioether (sulfide) groups is 1. The van der Waals surface area contributed by atoms with Gasteiger partial charge in [0.25, 0.3) is 0 Å². The predicted octanol–water partition coefficient (Wildman–Crippen LogP) is 3.57. The van der Waals surface area contributed by atoms with Crippen molar-refractivity contribution in [2.24, 2.45) is 0 Å². The maximum absolute atomic E-state index is 5.88. The van der Waals surface area contributed by atoms with Crippen LogP contribution in [0.3, 0.4) is 0 Å². The SMILES string of the molecule is CSc1nccc(-c2nc(N)sc2-c2ccccc2)n1. The molecule has 3 aromatic rings. The van der Waals surface area contributed by atoms with Crippen molar-refractivity contribution in [3.63, 3.8) is 0 Å². The van der Waals surface area contributed by atoms with Crippen LogP contribution in [-0.4, -0.2) is 21.2 Å². The number of nitrogen functional groups attached to an aromatic ring is 1. The summed E-state index contributed by atoms with van der Waals surface area (Å²) in [5.41, 5.74) is 8.60. The second-order valence-electron chi connectivity index (χ2n) is 4.02. The zero-order chi connectivity index (χ0) is 13.9. The molecule has 2 N–H and O–H groups in total. The molecule has 0 aliphatic rings. The standard InChI is InChI=1S/C14H12N4S2/c1-19-14-16-8-7-10(17-14)11-12(20-13(15)18-11)9-5-3-2-4-6-9/h2-8H,1H3,(H2,15,18). The van der Waals surface area contributed by atoms with E-state index in [1.807, 2.05) is 42.7 Å². The Morgan fingerprint density at radius 1 is 1.10 bits per heavy atom. The van der Waals surface area contributed by atoms with Crippen molar-refractivity contribution in [1.82, 2.24) is 15.0 Å². The normalized spacial score (nSPS) is 10.7. The minimum atomic E-state index is 0.545. The van der Waals surface area contributed by atoms with Crippen LogP contribution in [0.5, 0.6) is 0 Å². The lowest BCUT2D eigenvalue weighted by atomic mass is 10.1. The summed E-state index contributed by atoms with van der Waals surface area (Å²) in [7, 11) is 0. The van der Waals surface area contributed by atoms with Crippen LogP contribution < -0.4 is 5.73 Å². The van der Waals surface area contributed by atoms with Gasteiger partial charge < -0.3 is 5.73 Å². The molecular formula is C14H12N4S2. The maximum Gasteiger partial charge on any atom is 0.187 e. The molecule has 0 aliphatic heterocycles. The second kappa shape index (κ2) is 5.60. The number of rotatable bonds is 3. The van der Waals surface area contributed by atoms with Gasteiger partial charge in [-0.05, 0) is 17.9 Å². The van der Waals surface area contributed by atoms with Gasteiger partial charge >= 0.3 is 0 Å². The van der Waals surface area contributed by atoms with Crippen molar-refractivity contribution in [3.8, 4) is 21.8 Å². The number of anilines is 1. The van der Waals surface area contributed by atoms with E-state index in [-0.39, 0.29) is 0 Å². The van der Waals surface area contributed by atoms with Gasteiger partial charge in [-0.2, -0.15) is 0 Å². The van der Waals surface area contributed by atoms with E-state index in [4.69, 9.17) is 5.73 Å². The second-order valence-corrected chi connectivity index (χ2v) is 5.83. The Balaban J connectivity index is 2.14. The third-order valence-corrected chi connectivity index (χ3v) is 4.23. The van der Waals surface area contributed by atoms with Gasteiger partial charge in [-0.25, -0.2) is 15.0 Å². The number of nitrogens with two attached hydrogens (primary N) is 1. The monoisotopic (exact) mass is 300 g/mol. The Morgan fingerprint density at radius 2 is 1.90 bits per heavy atom. The maximum atomic E-state index is 5.88. The number of hydrogen-bond acceptors (Lipinski definition) is 6. The van der Waals surface area contributed by atoms with E-state index in [1.165, 1.54) is 23.1 Å². The van der Waals surface area contributed by atoms with Crippen molar-refractivity contribution >= 4 is 28.2 Å². The van der Waals surface area contributed by atoms with E-state index in [9.17, 15) is 0 Å². The minimum Gasteiger partial charge on any atom is -0.375 e. The van der Waals surface area contributed by atoms with Crippen LogP contribution in [0.2, 0.25) is 0 Å². The third-order valence-electron chi connectivity index (χ3n) is 2.74. The largest absolute Gasteiger partial charge is 0.375 e. The van der Waals surface area contributed by atoms with E-state index in [0.717, 1.165) is 27.0 Å². The van der Waals surface area contributed by atoms with Crippen molar-refractivity contribution in [3.05, 3.63) is 42.6 Å². The molecule has 3 rings (SSSR count). The summed E-state index contributed by atoms with van der Waals surface area (Å²) in [6.07, 6.45) is 3.70. The molecule has 0 radical (unpaired) electrons. The zero-order valence-corrected chi connectivity index (χ0v) is 12.4. The Hall–Kier alpha value is -1.92. The fourth-order valence-electron chi connectivity index (χ4n) is 1.87. The lowest BCUT2D eigenvalue weighted by Crippen LogP contribution is -1.91. The van der Waals surface area contributed by atoms with Gasteiger partial charge in [0.1, 0.15) is 5.69 Å². The molecular weight excluding hydrogens is 288 g/mol. The number of hydrogen-bond donors (Lipinski definition) is 1. The molecule has 0 amide bonds. The fourth-order valence-corrected chi connectivity index (χ4v) is 3.07. The fraction of sp³-hybridized carbons (Fsp3) is 0.0714. The smallest absolute Gasteiger partial charge is 0.187 e. The summed E-state index contributed by atoms with van der Waals surface area (Å²) in [6, 6.07) is 12.0. The van der Waals surface area contributed by atoms with Crippen molar-refractivity contribution in [1.29, 1.82) is 0 Å². The lowest BCUT2D eigenvalue weighted by molar-refractivity contribution is 0.973. The van der Waals surface area contributed by atoms with E-state index in [1.54, 1.807) is 6.20 Å². The highest BCUT2D eigenvalue weighted by molar-refractivity contribution is 7.98. The Bertz CT molecular complexity index is 725.